The van der Waals surface area contributed by atoms with Crippen LogP contribution in [-0.2, 0) is 19.3 Å². The van der Waals surface area contributed by atoms with E-state index in [0.29, 0.717) is 5.75 Å². The maximum atomic E-state index is 11.2. The maximum Gasteiger partial charge on any atom is 0.511 e. The van der Waals surface area contributed by atoms with Crippen molar-refractivity contribution in [3.8, 4) is 5.75 Å². The van der Waals surface area contributed by atoms with Gasteiger partial charge in [0.25, 0.3) is 0 Å². The summed E-state index contributed by atoms with van der Waals surface area (Å²) >= 11 is 0. The lowest BCUT2D eigenvalue weighted by Crippen LogP contribution is -2.09. The second-order valence-electron chi connectivity index (χ2n) is 7.98. The lowest BCUT2D eigenvalue weighted by molar-refractivity contribution is 0.144. The molecule has 0 aromatic heterocycles. The summed E-state index contributed by atoms with van der Waals surface area (Å²) in [7, 11) is 0. The summed E-state index contributed by atoms with van der Waals surface area (Å²) in [5.41, 5.74) is 3.95. The molecule has 0 spiro atoms. The molecular weight excluding hydrogens is 348 g/mol. The first-order chi connectivity index (χ1) is 13.6. The van der Waals surface area contributed by atoms with Gasteiger partial charge in [-0.15, -0.1) is 0 Å². The Balaban J connectivity index is 3.04. The van der Waals surface area contributed by atoms with Crippen LogP contribution in [0.5, 0.6) is 5.75 Å². The normalized spacial score (nSPS) is 11.0. The highest BCUT2D eigenvalue weighted by molar-refractivity contribution is 5.63. The minimum atomic E-state index is -1.21. The molecule has 160 valence electrons. The molecule has 0 aliphatic heterocycles. The average Bonchev–Trinajstić information content (AvgIpc) is 2.67. The fraction of sp³-hybridized carbons (Fsp3) is 0.720. The highest BCUT2D eigenvalue weighted by Gasteiger charge is 2.16. The zero-order chi connectivity index (χ0) is 20.6. The van der Waals surface area contributed by atoms with Gasteiger partial charge in [0.15, 0.2) is 0 Å². The summed E-state index contributed by atoms with van der Waals surface area (Å²) in [6.07, 6.45) is 16.5. The van der Waals surface area contributed by atoms with Crippen LogP contribution in [0.1, 0.15) is 115 Å². The van der Waals surface area contributed by atoms with E-state index in [1.807, 2.05) is 6.07 Å². The Bertz CT molecular complexity index is 551. The lowest BCUT2D eigenvalue weighted by Gasteiger charge is -2.18. The molecule has 1 N–H and O–H groups in total. The van der Waals surface area contributed by atoms with Gasteiger partial charge in [-0.05, 0) is 61.3 Å². The Hall–Kier alpha value is -1.51. The molecule has 0 unspecified atom stereocenters. The summed E-state index contributed by atoms with van der Waals surface area (Å²) in [6, 6.07) is 4.02. The van der Waals surface area contributed by atoms with Crippen LogP contribution in [-0.4, -0.2) is 11.3 Å². The summed E-state index contributed by atoms with van der Waals surface area (Å²) in [5, 5.41) is 9.19. The van der Waals surface area contributed by atoms with Gasteiger partial charge in [-0.3, -0.25) is 0 Å². The van der Waals surface area contributed by atoms with Gasteiger partial charge >= 0.3 is 6.16 Å². The van der Waals surface area contributed by atoms with Crippen molar-refractivity contribution in [1.29, 1.82) is 0 Å². The van der Waals surface area contributed by atoms with E-state index in [-0.39, 0.29) is 0 Å². The Labute approximate surface area is 172 Å². The molecule has 0 aliphatic rings. The molecule has 1 aromatic carbocycles. The van der Waals surface area contributed by atoms with Crippen molar-refractivity contribution < 1.29 is 14.6 Å². The summed E-state index contributed by atoms with van der Waals surface area (Å²) in [4.78, 5) is 11.2. The van der Waals surface area contributed by atoms with E-state index in [2.05, 4.69) is 26.8 Å². The number of carbonyl (C=O) groups is 1. The fourth-order valence-electron chi connectivity index (χ4n) is 3.93. The van der Waals surface area contributed by atoms with Gasteiger partial charge in [0.1, 0.15) is 5.75 Å². The molecule has 1 rings (SSSR count). The number of aryl methyl sites for hydroxylation is 1. The lowest BCUT2D eigenvalue weighted by atomic mass is 9.89. The number of hydrogen-bond donors (Lipinski definition) is 1. The monoisotopic (exact) mass is 390 g/mol. The van der Waals surface area contributed by atoms with Gasteiger partial charge in [-0.1, -0.05) is 84.6 Å². The van der Waals surface area contributed by atoms with Gasteiger partial charge in [-0.25, -0.2) is 4.79 Å². The number of benzene rings is 1. The molecular formula is C25H42O3. The Morgan fingerprint density at radius 1 is 0.714 bits per heavy atom. The molecule has 0 radical (unpaired) electrons. The molecule has 0 saturated carbocycles. The number of ether oxygens (including phenoxy) is 1. The van der Waals surface area contributed by atoms with Crippen LogP contribution < -0.4 is 4.74 Å². The van der Waals surface area contributed by atoms with Crippen molar-refractivity contribution in [3.05, 3.63) is 28.8 Å². The van der Waals surface area contributed by atoms with Crippen molar-refractivity contribution in [2.24, 2.45) is 0 Å². The van der Waals surface area contributed by atoms with E-state index in [4.69, 9.17) is 4.74 Å². The number of carboxylic acid groups (broad SMARTS) is 1. The van der Waals surface area contributed by atoms with E-state index in [1.165, 1.54) is 81.8 Å². The molecule has 3 heteroatoms. The predicted octanol–water partition coefficient (Wildman–Crippen LogP) is 8.11. The third-order valence-electron chi connectivity index (χ3n) is 5.54. The summed E-state index contributed by atoms with van der Waals surface area (Å²) in [6.45, 7) is 6.69. The van der Waals surface area contributed by atoms with Crippen molar-refractivity contribution in [2.75, 3.05) is 0 Å². The first-order valence-electron chi connectivity index (χ1n) is 11.7. The quantitative estimate of drug-likeness (QED) is 0.176. The van der Waals surface area contributed by atoms with Crippen molar-refractivity contribution in [2.45, 2.75) is 117 Å². The molecule has 0 amide bonds. The Morgan fingerprint density at radius 3 is 1.71 bits per heavy atom. The standard InChI is InChI=1S/C25H42O3/c1-4-7-10-13-16-21-19-20-24(28-25(26)27)23(18-15-12-9-6-3)22(21)17-14-11-8-5-2/h19-20H,4-18H2,1-3H3,(H,26,27). The van der Waals surface area contributed by atoms with Crippen molar-refractivity contribution in [3.63, 3.8) is 0 Å². The van der Waals surface area contributed by atoms with Crippen LogP contribution in [0.15, 0.2) is 12.1 Å². The molecule has 0 aliphatic carbocycles. The first-order valence-corrected chi connectivity index (χ1v) is 11.7. The molecule has 0 bridgehead atoms. The number of hydrogen-bond acceptors (Lipinski definition) is 2. The Morgan fingerprint density at radius 2 is 1.21 bits per heavy atom. The summed E-state index contributed by atoms with van der Waals surface area (Å²) in [5.74, 6) is 0.562. The molecule has 0 heterocycles. The molecule has 0 fully saturated rings. The van der Waals surface area contributed by atoms with Gasteiger partial charge < -0.3 is 9.84 Å². The minimum absolute atomic E-state index is 0.562. The van der Waals surface area contributed by atoms with Crippen LogP contribution in [0.25, 0.3) is 0 Å². The second kappa shape index (κ2) is 15.4. The summed E-state index contributed by atoms with van der Waals surface area (Å²) < 4.78 is 5.19. The van der Waals surface area contributed by atoms with Gasteiger partial charge in [-0.2, -0.15) is 0 Å². The maximum absolute atomic E-state index is 11.2. The zero-order valence-electron chi connectivity index (χ0n) is 18.5. The smallest absolute Gasteiger partial charge is 0.449 e. The molecule has 1 aromatic rings. The topological polar surface area (TPSA) is 46.5 Å². The average molecular weight is 391 g/mol. The van der Waals surface area contributed by atoms with E-state index in [1.54, 1.807) is 0 Å². The van der Waals surface area contributed by atoms with Gasteiger partial charge in [0, 0.05) is 0 Å². The highest BCUT2D eigenvalue weighted by atomic mass is 16.7. The molecule has 0 atom stereocenters. The zero-order valence-corrected chi connectivity index (χ0v) is 18.5. The fourth-order valence-corrected chi connectivity index (χ4v) is 3.93. The van der Waals surface area contributed by atoms with Crippen LogP contribution in [0.4, 0.5) is 4.79 Å². The van der Waals surface area contributed by atoms with E-state index in [9.17, 15) is 9.90 Å². The third kappa shape index (κ3) is 9.61. The van der Waals surface area contributed by atoms with Crippen LogP contribution in [0.3, 0.4) is 0 Å². The van der Waals surface area contributed by atoms with E-state index >= 15 is 0 Å². The van der Waals surface area contributed by atoms with Crippen molar-refractivity contribution in [1.82, 2.24) is 0 Å². The number of unbranched alkanes of at least 4 members (excludes halogenated alkanes) is 9. The largest absolute Gasteiger partial charge is 0.511 e. The SMILES string of the molecule is CCCCCCc1ccc(OC(=O)O)c(CCCCCC)c1CCCCCC. The molecule has 28 heavy (non-hydrogen) atoms. The second-order valence-corrected chi connectivity index (χ2v) is 7.98. The van der Waals surface area contributed by atoms with Crippen LogP contribution in [0, 0.1) is 0 Å². The van der Waals surface area contributed by atoms with Crippen LogP contribution >= 0.6 is 0 Å². The van der Waals surface area contributed by atoms with Gasteiger partial charge in [0.05, 0.1) is 0 Å². The minimum Gasteiger partial charge on any atom is -0.449 e. The van der Waals surface area contributed by atoms with Gasteiger partial charge in [0.2, 0.25) is 0 Å². The molecule has 0 saturated heterocycles. The Kier molecular flexibility index (Phi) is 13.5. The predicted molar refractivity (Wildman–Crippen MR) is 119 cm³/mol. The van der Waals surface area contributed by atoms with E-state index in [0.717, 1.165) is 31.2 Å². The number of rotatable bonds is 16. The van der Waals surface area contributed by atoms with Crippen LogP contribution in [0.2, 0.25) is 0 Å². The first kappa shape index (κ1) is 24.5. The molecule has 3 nitrogen and oxygen atoms in total. The van der Waals surface area contributed by atoms with E-state index < -0.39 is 6.16 Å². The highest BCUT2D eigenvalue weighted by Crippen LogP contribution is 2.31. The third-order valence-corrected chi connectivity index (χ3v) is 5.54. The van der Waals surface area contributed by atoms with Crippen molar-refractivity contribution >= 4 is 6.16 Å².